The molecule has 0 saturated carbocycles. The molecule has 0 aliphatic carbocycles. The molecule has 1 aliphatic rings. The molecule has 1 aromatic rings. The van der Waals surface area contributed by atoms with Crippen molar-refractivity contribution < 1.29 is 22.8 Å². The highest BCUT2D eigenvalue weighted by atomic mass is 32.2. The molecule has 9 heteroatoms. The SMILES string of the molecule is CCC1SC(=S)N(CCCCCC(=O)Nc2ccccc2C(F)(F)F)C1=O. The molecule has 0 spiro atoms. The van der Waals surface area contributed by atoms with Gasteiger partial charge in [0.2, 0.25) is 11.8 Å². The highest BCUT2D eigenvalue weighted by molar-refractivity contribution is 8.24. The normalized spacial score (nSPS) is 17.5. The summed E-state index contributed by atoms with van der Waals surface area (Å²) in [7, 11) is 0. The van der Waals surface area contributed by atoms with Crippen LogP contribution in [0.1, 0.15) is 44.6 Å². The highest BCUT2D eigenvalue weighted by Gasteiger charge is 2.35. The van der Waals surface area contributed by atoms with Crippen LogP contribution in [-0.4, -0.2) is 32.8 Å². The Hall–Kier alpha value is -1.61. The molecule has 0 radical (unpaired) electrons. The molecular weight excluding hydrogens is 397 g/mol. The number of benzene rings is 1. The Labute approximate surface area is 165 Å². The fourth-order valence-electron chi connectivity index (χ4n) is 2.74. The van der Waals surface area contributed by atoms with Crippen molar-refractivity contribution in [2.75, 3.05) is 11.9 Å². The number of anilines is 1. The summed E-state index contributed by atoms with van der Waals surface area (Å²) in [6.45, 7) is 2.46. The first-order valence-electron chi connectivity index (χ1n) is 8.72. The number of halogens is 3. The van der Waals surface area contributed by atoms with E-state index < -0.39 is 17.6 Å². The number of thiocarbonyl (C=S) groups is 1. The molecule has 0 aromatic heterocycles. The van der Waals surface area contributed by atoms with Gasteiger partial charge in [-0.2, -0.15) is 13.2 Å². The maximum atomic E-state index is 12.9. The zero-order valence-corrected chi connectivity index (χ0v) is 16.5. The number of para-hydroxylation sites is 1. The Kier molecular flexibility index (Phi) is 7.67. The van der Waals surface area contributed by atoms with E-state index in [9.17, 15) is 22.8 Å². The van der Waals surface area contributed by atoms with Gasteiger partial charge in [0.15, 0.2) is 0 Å². The molecule has 2 amide bonds. The summed E-state index contributed by atoms with van der Waals surface area (Å²) in [6, 6.07) is 4.90. The van der Waals surface area contributed by atoms with E-state index in [1.54, 1.807) is 4.90 Å². The highest BCUT2D eigenvalue weighted by Crippen LogP contribution is 2.34. The average Bonchev–Trinajstić information content (AvgIpc) is 2.88. The third-order valence-corrected chi connectivity index (χ3v) is 5.92. The van der Waals surface area contributed by atoms with E-state index in [1.807, 2.05) is 6.92 Å². The molecule has 1 aliphatic heterocycles. The van der Waals surface area contributed by atoms with Crippen LogP contribution in [0.25, 0.3) is 0 Å². The molecule has 1 N–H and O–H groups in total. The van der Waals surface area contributed by atoms with E-state index in [0.717, 1.165) is 12.5 Å². The lowest BCUT2D eigenvalue weighted by Crippen LogP contribution is -2.32. The van der Waals surface area contributed by atoms with Crippen LogP contribution < -0.4 is 5.32 Å². The monoisotopic (exact) mass is 418 g/mol. The minimum Gasteiger partial charge on any atom is -0.326 e. The molecule has 1 saturated heterocycles. The predicted octanol–water partition coefficient (Wildman–Crippen LogP) is 4.84. The van der Waals surface area contributed by atoms with Gasteiger partial charge in [-0.3, -0.25) is 14.5 Å². The van der Waals surface area contributed by atoms with Gasteiger partial charge in [0.05, 0.1) is 16.5 Å². The molecule has 148 valence electrons. The summed E-state index contributed by atoms with van der Waals surface area (Å²) in [5.41, 5.74) is -1.09. The number of nitrogens with one attached hydrogen (secondary N) is 1. The Morgan fingerprint density at radius 2 is 1.96 bits per heavy atom. The van der Waals surface area contributed by atoms with Crippen molar-refractivity contribution in [3.8, 4) is 0 Å². The lowest BCUT2D eigenvalue weighted by atomic mass is 10.1. The molecule has 4 nitrogen and oxygen atoms in total. The zero-order valence-electron chi connectivity index (χ0n) is 14.8. The fraction of sp³-hybridized carbons (Fsp3) is 0.500. The first kappa shape index (κ1) is 21.7. The van der Waals surface area contributed by atoms with Crippen LogP contribution >= 0.6 is 24.0 Å². The average molecular weight is 419 g/mol. The third-order valence-electron chi connectivity index (χ3n) is 4.17. The van der Waals surface area contributed by atoms with Gasteiger partial charge < -0.3 is 5.32 Å². The lowest BCUT2D eigenvalue weighted by molar-refractivity contribution is -0.137. The topological polar surface area (TPSA) is 49.4 Å². The van der Waals surface area contributed by atoms with E-state index in [1.165, 1.54) is 30.0 Å². The van der Waals surface area contributed by atoms with Crippen LogP contribution in [0.5, 0.6) is 0 Å². The molecule has 1 heterocycles. The minimum atomic E-state index is -4.51. The van der Waals surface area contributed by atoms with Crippen LogP contribution in [-0.2, 0) is 15.8 Å². The van der Waals surface area contributed by atoms with Gasteiger partial charge in [0, 0.05) is 13.0 Å². The summed E-state index contributed by atoms with van der Waals surface area (Å²) in [4.78, 5) is 25.6. The predicted molar refractivity (Wildman–Crippen MR) is 105 cm³/mol. The van der Waals surface area contributed by atoms with Crippen LogP contribution in [0.4, 0.5) is 18.9 Å². The number of rotatable bonds is 8. The summed E-state index contributed by atoms with van der Waals surface area (Å²) in [5.74, 6) is -0.421. The molecule has 1 aromatic carbocycles. The van der Waals surface area contributed by atoms with Gasteiger partial charge in [-0.15, -0.1) is 0 Å². The maximum Gasteiger partial charge on any atom is 0.418 e. The van der Waals surface area contributed by atoms with E-state index in [2.05, 4.69) is 5.32 Å². The second kappa shape index (κ2) is 9.54. The smallest absolute Gasteiger partial charge is 0.326 e. The van der Waals surface area contributed by atoms with Crippen LogP contribution in [0, 0.1) is 0 Å². The quantitative estimate of drug-likeness (QED) is 0.485. The second-order valence-corrected chi connectivity index (χ2v) is 8.01. The molecule has 0 bridgehead atoms. The van der Waals surface area contributed by atoms with Crippen LogP contribution in [0.2, 0.25) is 0 Å². The number of carbonyl (C=O) groups is 2. The number of carbonyl (C=O) groups excluding carboxylic acids is 2. The maximum absolute atomic E-state index is 12.9. The van der Waals surface area contributed by atoms with Crippen molar-refractivity contribution >= 4 is 45.8 Å². The van der Waals surface area contributed by atoms with Gasteiger partial charge in [0.1, 0.15) is 4.32 Å². The number of nitrogens with zero attached hydrogens (tertiary/aromatic N) is 1. The van der Waals surface area contributed by atoms with Crippen LogP contribution in [0.3, 0.4) is 0 Å². The van der Waals surface area contributed by atoms with Crippen molar-refractivity contribution in [3.63, 3.8) is 0 Å². The minimum absolute atomic E-state index is 0.0361. The molecule has 1 fully saturated rings. The van der Waals surface area contributed by atoms with Crippen molar-refractivity contribution in [1.29, 1.82) is 0 Å². The van der Waals surface area contributed by atoms with E-state index >= 15 is 0 Å². The van der Waals surface area contributed by atoms with E-state index in [-0.39, 0.29) is 23.3 Å². The number of thioether (sulfide) groups is 1. The van der Waals surface area contributed by atoms with Crippen molar-refractivity contribution in [1.82, 2.24) is 4.90 Å². The number of amides is 2. The van der Waals surface area contributed by atoms with E-state index in [0.29, 0.717) is 30.1 Å². The Bertz CT molecular complexity index is 710. The molecular formula is C18H21F3N2O2S2. The zero-order chi connectivity index (χ0) is 20.0. The Morgan fingerprint density at radius 3 is 2.59 bits per heavy atom. The van der Waals surface area contributed by atoms with Crippen molar-refractivity contribution in [2.24, 2.45) is 0 Å². The Morgan fingerprint density at radius 1 is 1.26 bits per heavy atom. The Balaban J connectivity index is 1.73. The standard InChI is InChI=1S/C18H21F3N2O2S2/c1-2-14-16(25)23(17(26)27-14)11-7-3-4-10-15(24)22-13-9-6-5-8-12(13)18(19,20)21/h5-6,8-9,14H,2-4,7,10-11H2,1H3,(H,22,24). The fourth-order valence-corrected chi connectivity index (χ4v) is 4.22. The summed E-state index contributed by atoms with van der Waals surface area (Å²) < 4.78 is 39.4. The van der Waals surface area contributed by atoms with Crippen molar-refractivity contribution in [2.45, 2.75) is 50.5 Å². The first-order chi connectivity index (χ1) is 12.7. The summed E-state index contributed by atoms with van der Waals surface area (Å²) >= 11 is 6.61. The number of unbranched alkanes of at least 4 members (excludes halogenated alkanes) is 2. The summed E-state index contributed by atoms with van der Waals surface area (Å²) in [5, 5.41) is 2.23. The largest absolute Gasteiger partial charge is 0.418 e. The number of alkyl halides is 3. The molecule has 27 heavy (non-hydrogen) atoms. The number of hydrogen-bond donors (Lipinski definition) is 1. The number of hydrogen-bond acceptors (Lipinski definition) is 4. The van der Waals surface area contributed by atoms with Gasteiger partial charge in [-0.25, -0.2) is 0 Å². The molecule has 2 rings (SSSR count). The van der Waals surface area contributed by atoms with Gasteiger partial charge >= 0.3 is 6.18 Å². The second-order valence-electron chi connectivity index (χ2n) is 6.17. The van der Waals surface area contributed by atoms with Gasteiger partial charge in [-0.1, -0.05) is 49.5 Å². The van der Waals surface area contributed by atoms with E-state index in [4.69, 9.17) is 12.2 Å². The van der Waals surface area contributed by atoms with Gasteiger partial charge in [-0.05, 0) is 31.4 Å². The third kappa shape index (κ3) is 5.93. The van der Waals surface area contributed by atoms with Crippen molar-refractivity contribution in [3.05, 3.63) is 29.8 Å². The van der Waals surface area contributed by atoms with Gasteiger partial charge in [0.25, 0.3) is 0 Å². The molecule has 1 unspecified atom stereocenters. The molecule has 1 atom stereocenters. The first-order valence-corrected chi connectivity index (χ1v) is 10.0. The van der Waals surface area contributed by atoms with Crippen LogP contribution in [0.15, 0.2) is 24.3 Å². The summed E-state index contributed by atoms with van der Waals surface area (Å²) in [6.07, 6.45) is -1.76. The lowest BCUT2D eigenvalue weighted by Gasteiger charge is -2.15.